The van der Waals surface area contributed by atoms with E-state index in [4.69, 9.17) is 9.47 Å². The molecule has 0 aliphatic heterocycles. The molecular formula is C17H16O4. The topological polar surface area (TPSA) is 52.6 Å². The van der Waals surface area contributed by atoms with Gasteiger partial charge in [0.15, 0.2) is 5.92 Å². The van der Waals surface area contributed by atoms with Crippen molar-refractivity contribution in [1.29, 1.82) is 0 Å². The quantitative estimate of drug-likeness (QED) is 0.480. The van der Waals surface area contributed by atoms with Crippen LogP contribution >= 0.6 is 0 Å². The van der Waals surface area contributed by atoms with Crippen LogP contribution in [0.1, 0.15) is 13.3 Å². The van der Waals surface area contributed by atoms with Crippen molar-refractivity contribution < 1.29 is 19.1 Å². The highest BCUT2D eigenvalue weighted by Crippen LogP contribution is 2.16. The number of carbonyl (C=O) groups excluding carboxylic acids is 2. The molecule has 0 spiro atoms. The molecule has 0 aromatic heterocycles. The number of para-hydroxylation sites is 2. The van der Waals surface area contributed by atoms with Gasteiger partial charge in [-0.3, -0.25) is 9.59 Å². The minimum atomic E-state index is -0.939. The van der Waals surface area contributed by atoms with E-state index >= 15 is 0 Å². The predicted octanol–water partition coefficient (Wildman–Crippen LogP) is 3.22. The van der Waals surface area contributed by atoms with Gasteiger partial charge in [0.1, 0.15) is 11.5 Å². The van der Waals surface area contributed by atoms with Gasteiger partial charge in [0.05, 0.1) is 0 Å². The average Bonchev–Trinajstić information content (AvgIpc) is 2.50. The van der Waals surface area contributed by atoms with Crippen molar-refractivity contribution in [3.05, 3.63) is 60.7 Å². The minimum Gasteiger partial charge on any atom is -0.426 e. The molecule has 4 heteroatoms. The summed E-state index contributed by atoms with van der Waals surface area (Å²) in [7, 11) is 0. The number of hydrogen-bond acceptors (Lipinski definition) is 4. The number of rotatable bonds is 5. The fourth-order valence-corrected chi connectivity index (χ4v) is 1.78. The maximum atomic E-state index is 12.1. The summed E-state index contributed by atoms with van der Waals surface area (Å²) in [5, 5.41) is 0. The van der Waals surface area contributed by atoms with Crippen molar-refractivity contribution in [2.45, 2.75) is 13.3 Å². The Kier molecular flexibility index (Phi) is 5.10. The van der Waals surface area contributed by atoms with Crippen molar-refractivity contribution in [1.82, 2.24) is 0 Å². The molecule has 0 N–H and O–H groups in total. The minimum absolute atomic E-state index is 0.317. The third kappa shape index (κ3) is 4.18. The normalized spacial score (nSPS) is 10.2. The second-order valence-corrected chi connectivity index (χ2v) is 4.43. The van der Waals surface area contributed by atoms with Crippen LogP contribution in [-0.2, 0) is 9.59 Å². The molecule has 0 saturated heterocycles. The van der Waals surface area contributed by atoms with Crippen LogP contribution in [0.25, 0.3) is 0 Å². The second-order valence-electron chi connectivity index (χ2n) is 4.43. The van der Waals surface area contributed by atoms with Crippen LogP contribution in [-0.4, -0.2) is 11.9 Å². The summed E-state index contributed by atoms with van der Waals surface area (Å²) in [6, 6.07) is 17.3. The molecule has 2 rings (SSSR count). The average molecular weight is 284 g/mol. The zero-order valence-electron chi connectivity index (χ0n) is 11.7. The molecule has 4 nitrogen and oxygen atoms in total. The zero-order chi connectivity index (χ0) is 15.1. The van der Waals surface area contributed by atoms with Gasteiger partial charge in [0, 0.05) is 0 Å². The monoisotopic (exact) mass is 284 g/mol. The van der Waals surface area contributed by atoms with Gasteiger partial charge >= 0.3 is 11.9 Å². The molecule has 0 atom stereocenters. The standard InChI is InChI=1S/C17H16O4/c1-2-15(16(18)20-13-9-5-3-6-10-13)17(19)21-14-11-7-4-8-12-14/h3-12,15H,2H2,1H3. The van der Waals surface area contributed by atoms with Gasteiger partial charge in [-0.2, -0.15) is 0 Å². The van der Waals surface area contributed by atoms with E-state index in [2.05, 4.69) is 0 Å². The highest BCUT2D eigenvalue weighted by molar-refractivity contribution is 5.96. The highest BCUT2D eigenvalue weighted by Gasteiger charge is 2.28. The largest absolute Gasteiger partial charge is 0.426 e. The molecule has 0 heterocycles. The molecule has 0 unspecified atom stereocenters. The fourth-order valence-electron chi connectivity index (χ4n) is 1.78. The van der Waals surface area contributed by atoms with Crippen LogP contribution in [0.15, 0.2) is 60.7 Å². The summed E-state index contributed by atoms with van der Waals surface area (Å²) >= 11 is 0. The Morgan fingerprint density at radius 2 is 1.19 bits per heavy atom. The molecule has 0 amide bonds. The van der Waals surface area contributed by atoms with Gasteiger partial charge in [0.2, 0.25) is 0 Å². The third-order valence-electron chi connectivity index (χ3n) is 2.90. The zero-order valence-corrected chi connectivity index (χ0v) is 11.7. The van der Waals surface area contributed by atoms with Crippen LogP contribution in [0, 0.1) is 5.92 Å². The van der Waals surface area contributed by atoms with E-state index in [1.807, 2.05) is 12.1 Å². The first-order chi connectivity index (χ1) is 10.2. The van der Waals surface area contributed by atoms with E-state index in [9.17, 15) is 9.59 Å². The maximum absolute atomic E-state index is 12.1. The SMILES string of the molecule is CCC(C(=O)Oc1ccccc1)C(=O)Oc1ccccc1. The number of ether oxygens (including phenoxy) is 2. The third-order valence-corrected chi connectivity index (χ3v) is 2.90. The lowest BCUT2D eigenvalue weighted by Gasteiger charge is -2.13. The van der Waals surface area contributed by atoms with E-state index in [1.165, 1.54) is 0 Å². The van der Waals surface area contributed by atoms with Crippen molar-refractivity contribution >= 4 is 11.9 Å². The van der Waals surface area contributed by atoms with Gasteiger partial charge in [0.25, 0.3) is 0 Å². The lowest BCUT2D eigenvalue weighted by Crippen LogP contribution is -2.31. The van der Waals surface area contributed by atoms with Crippen molar-refractivity contribution in [2.24, 2.45) is 5.92 Å². The van der Waals surface area contributed by atoms with Crippen LogP contribution < -0.4 is 9.47 Å². The van der Waals surface area contributed by atoms with Crippen molar-refractivity contribution in [3.8, 4) is 11.5 Å². The summed E-state index contributed by atoms with van der Waals surface area (Å²) < 4.78 is 10.4. The predicted molar refractivity (Wildman–Crippen MR) is 77.9 cm³/mol. The first-order valence-corrected chi connectivity index (χ1v) is 6.74. The molecule has 21 heavy (non-hydrogen) atoms. The van der Waals surface area contributed by atoms with E-state index in [-0.39, 0.29) is 0 Å². The number of carbonyl (C=O) groups is 2. The summed E-state index contributed by atoms with van der Waals surface area (Å²) in [4.78, 5) is 24.1. The Morgan fingerprint density at radius 3 is 1.52 bits per heavy atom. The lowest BCUT2D eigenvalue weighted by atomic mass is 10.1. The summed E-state index contributed by atoms with van der Waals surface area (Å²) in [5.74, 6) is -1.33. The molecule has 0 aliphatic rings. The molecule has 0 radical (unpaired) electrons. The second kappa shape index (κ2) is 7.24. The van der Waals surface area contributed by atoms with Crippen LogP contribution in [0.4, 0.5) is 0 Å². The van der Waals surface area contributed by atoms with Crippen molar-refractivity contribution in [3.63, 3.8) is 0 Å². The Bertz CT molecular complexity index is 539. The summed E-state index contributed by atoms with van der Waals surface area (Å²) in [5.41, 5.74) is 0. The molecule has 0 saturated carbocycles. The Hall–Kier alpha value is -2.62. The Balaban J connectivity index is 2.01. The molecule has 2 aromatic rings. The first kappa shape index (κ1) is 14.8. The molecule has 2 aromatic carbocycles. The molecule has 0 fully saturated rings. The van der Waals surface area contributed by atoms with E-state index < -0.39 is 17.9 Å². The smallest absolute Gasteiger partial charge is 0.325 e. The van der Waals surface area contributed by atoms with Gasteiger partial charge in [-0.15, -0.1) is 0 Å². The van der Waals surface area contributed by atoms with Gasteiger partial charge in [-0.25, -0.2) is 0 Å². The van der Waals surface area contributed by atoms with E-state index in [1.54, 1.807) is 55.5 Å². The fraction of sp³-hybridized carbons (Fsp3) is 0.176. The maximum Gasteiger partial charge on any atom is 0.325 e. The Labute approximate surface area is 123 Å². The summed E-state index contributed by atoms with van der Waals surface area (Å²) in [6.07, 6.45) is 0.317. The Morgan fingerprint density at radius 1 is 0.810 bits per heavy atom. The molecule has 0 bridgehead atoms. The van der Waals surface area contributed by atoms with Gasteiger partial charge in [-0.1, -0.05) is 43.3 Å². The molecule has 0 aliphatic carbocycles. The van der Waals surface area contributed by atoms with Crippen LogP contribution in [0.3, 0.4) is 0 Å². The lowest BCUT2D eigenvalue weighted by molar-refractivity contribution is -0.151. The number of benzene rings is 2. The van der Waals surface area contributed by atoms with Crippen molar-refractivity contribution in [2.75, 3.05) is 0 Å². The van der Waals surface area contributed by atoms with Gasteiger partial charge in [-0.05, 0) is 30.7 Å². The molecular weight excluding hydrogens is 268 g/mol. The van der Waals surface area contributed by atoms with Gasteiger partial charge < -0.3 is 9.47 Å². The number of esters is 2. The van der Waals surface area contributed by atoms with Crippen LogP contribution in [0.5, 0.6) is 11.5 Å². The van der Waals surface area contributed by atoms with E-state index in [0.717, 1.165) is 0 Å². The van der Waals surface area contributed by atoms with Crippen LogP contribution in [0.2, 0.25) is 0 Å². The highest BCUT2D eigenvalue weighted by atomic mass is 16.6. The number of hydrogen-bond donors (Lipinski definition) is 0. The van der Waals surface area contributed by atoms with E-state index in [0.29, 0.717) is 17.9 Å². The summed E-state index contributed by atoms with van der Waals surface area (Å²) in [6.45, 7) is 1.74. The molecule has 108 valence electrons. The first-order valence-electron chi connectivity index (χ1n) is 6.74.